The molecule has 0 spiro atoms. The van der Waals surface area contributed by atoms with Crippen LogP contribution in [0.25, 0.3) is 0 Å². The largest absolute Gasteiger partial charge is 0.357 e. The topological polar surface area (TPSA) is 81.7 Å². The summed E-state index contributed by atoms with van der Waals surface area (Å²) in [6, 6.07) is 11.6. The van der Waals surface area contributed by atoms with Crippen LogP contribution in [0, 0.1) is 5.41 Å². The third-order valence-electron chi connectivity index (χ3n) is 6.74. The molecule has 4 rings (SSSR count). The van der Waals surface area contributed by atoms with E-state index in [0.29, 0.717) is 19.0 Å². The van der Waals surface area contributed by atoms with E-state index in [1.54, 1.807) is 25.5 Å². The molecule has 1 atom stereocenters. The van der Waals surface area contributed by atoms with E-state index >= 15 is 0 Å². The first-order valence-corrected chi connectivity index (χ1v) is 11.3. The van der Waals surface area contributed by atoms with Gasteiger partial charge in [0.05, 0.1) is 0 Å². The molecule has 2 saturated heterocycles. The number of likely N-dealkylation sites (N-methyl/N-ethyl adjacent to an activating group) is 1. The minimum absolute atomic E-state index is 0.0825. The summed E-state index contributed by atoms with van der Waals surface area (Å²) in [7, 11) is 1.64. The summed E-state index contributed by atoms with van der Waals surface area (Å²) < 4.78 is 0. The maximum atomic E-state index is 13.7. The van der Waals surface area contributed by atoms with Crippen LogP contribution in [0.5, 0.6) is 0 Å². The minimum Gasteiger partial charge on any atom is -0.357 e. The van der Waals surface area contributed by atoms with Gasteiger partial charge in [0.25, 0.3) is 0 Å². The summed E-state index contributed by atoms with van der Waals surface area (Å²) in [6.07, 6.45) is 4.91. The summed E-state index contributed by atoms with van der Waals surface area (Å²) in [5, 5.41) is 2.76. The Morgan fingerprint density at radius 3 is 2.38 bits per heavy atom. The van der Waals surface area contributed by atoms with Crippen molar-refractivity contribution in [2.45, 2.75) is 32.4 Å². The molecule has 0 unspecified atom stereocenters. The zero-order valence-corrected chi connectivity index (χ0v) is 18.9. The van der Waals surface area contributed by atoms with Crippen LogP contribution in [-0.4, -0.2) is 77.4 Å². The van der Waals surface area contributed by atoms with E-state index in [-0.39, 0.29) is 11.8 Å². The number of piperidine rings is 1. The summed E-state index contributed by atoms with van der Waals surface area (Å²) in [4.78, 5) is 41.3. The zero-order chi connectivity index (χ0) is 22.6. The minimum atomic E-state index is -0.487. The number of anilines is 1. The van der Waals surface area contributed by atoms with Crippen molar-refractivity contribution < 1.29 is 9.59 Å². The Hall–Kier alpha value is -3.00. The molecule has 0 aliphatic carbocycles. The summed E-state index contributed by atoms with van der Waals surface area (Å²) in [5.74, 6) is 0.689. The smallest absolute Gasteiger partial charge is 0.243 e. The third-order valence-corrected chi connectivity index (χ3v) is 6.74. The van der Waals surface area contributed by atoms with Crippen molar-refractivity contribution in [3.63, 3.8) is 0 Å². The van der Waals surface area contributed by atoms with Gasteiger partial charge in [0.15, 0.2) is 0 Å². The van der Waals surface area contributed by atoms with Crippen LogP contribution in [0.1, 0.15) is 25.3 Å². The molecule has 1 aromatic heterocycles. The average Bonchev–Trinajstić information content (AvgIpc) is 2.84. The predicted molar refractivity (Wildman–Crippen MR) is 123 cm³/mol. The summed E-state index contributed by atoms with van der Waals surface area (Å²) in [5.41, 5.74) is 0.726. The molecule has 3 heterocycles. The van der Waals surface area contributed by atoms with Gasteiger partial charge in [-0.15, -0.1) is 0 Å². The lowest BCUT2D eigenvalue weighted by atomic mass is 9.78. The monoisotopic (exact) mass is 436 g/mol. The van der Waals surface area contributed by atoms with Crippen LogP contribution >= 0.6 is 0 Å². The Bertz CT molecular complexity index is 915. The molecule has 170 valence electrons. The van der Waals surface area contributed by atoms with Crippen LogP contribution in [0.2, 0.25) is 0 Å². The highest BCUT2D eigenvalue weighted by atomic mass is 16.2. The molecule has 2 aromatic rings. The molecule has 1 N–H and O–H groups in total. The number of hydrogen-bond acceptors (Lipinski definition) is 6. The maximum Gasteiger partial charge on any atom is 0.243 e. The average molecular weight is 437 g/mol. The molecule has 2 fully saturated rings. The van der Waals surface area contributed by atoms with Crippen molar-refractivity contribution in [2.24, 2.45) is 5.41 Å². The highest BCUT2D eigenvalue weighted by molar-refractivity contribution is 5.90. The number of carbonyl (C=O) groups excluding carboxylic acids is 2. The zero-order valence-electron chi connectivity index (χ0n) is 18.9. The lowest BCUT2D eigenvalue weighted by molar-refractivity contribution is -0.152. The van der Waals surface area contributed by atoms with Crippen LogP contribution < -0.4 is 10.2 Å². The van der Waals surface area contributed by atoms with Gasteiger partial charge in [0, 0.05) is 64.1 Å². The van der Waals surface area contributed by atoms with Gasteiger partial charge in [-0.25, -0.2) is 9.97 Å². The van der Waals surface area contributed by atoms with E-state index in [1.807, 2.05) is 30.0 Å². The van der Waals surface area contributed by atoms with Crippen molar-refractivity contribution in [1.29, 1.82) is 0 Å². The van der Waals surface area contributed by atoms with E-state index in [0.717, 1.165) is 39.0 Å². The van der Waals surface area contributed by atoms with Crippen LogP contribution in [0.4, 0.5) is 5.95 Å². The molecule has 32 heavy (non-hydrogen) atoms. The Morgan fingerprint density at radius 1 is 1.03 bits per heavy atom. The molecule has 8 heteroatoms. The first kappa shape index (κ1) is 22.2. The maximum absolute atomic E-state index is 13.7. The van der Waals surface area contributed by atoms with Gasteiger partial charge >= 0.3 is 0 Å². The number of amides is 2. The first-order chi connectivity index (χ1) is 15.5. The van der Waals surface area contributed by atoms with E-state index in [4.69, 9.17) is 0 Å². The fraction of sp³-hybridized carbons (Fsp3) is 0.500. The van der Waals surface area contributed by atoms with Crippen molar-refractivity contribution >= 4 is 17.8 Å². The van der Waals surface area contributed by atoms with Gasteiger partial charge < -0.3 is 15.1 Å². The molecule has 2 aliphatic heterocycles. The van der Waals surface area contributed by atoms with Crippen LogP contribution in [-0.2, 0) is 16.1 Å². The Kier molecular flexibility index (Phi) is 6.69. The van der Waals surface area contributed by atoms with Gasteiger partial charge in [-0.3, -0.25) is 14.5 Å². The van der Waals surface area contributed by atoms with Crippen molar-refractivity contribution in [1.82, 2.24) is 25.1 Å². The quantitative estimate of drug-likeness (QED) is 0.766. The Balaban J connectivity index is 1.43. The molecule has 0 saturated carbocycles. The molecular formula is C24H32N6O2. The van der Waals surface area contributed by atoms with Gasteiger partial charge in [-0.05, 0) is 24.5 Å². The van der Waals surface area contributed by atoms with E-state index in [9.17, 15) is 9.59 Å². The molecule has 2 amide bonds. The van der Waals surface area contributed by atoms with E-state index in [2.05, 4.69) is 37.2 Å². The molecule has 0 bridgehead atoms. The second-order valence-corrected chi connectivity index (χ2v) is 8.95. The van der Waals surface area contributed by atoms with E-state index in [1.165, 1.54) is 5.56 Å². The predicted octanol–water partition coefficient (Wildman–Crippen LogP) is 1.54. The van der Waals surface area contributed by atoms with Crippen molar-refractivity contribution in [3.8, 4) is 0 Å². The number of rotatable bonds is 5. The van der Waals surface area contributed by atoms with Gasteiger partial charge in [0.1, 0.15) is 6.04 Å². The second kappa shape index (κ2) is 9.65. The molecule has 2 aliphatic rings. The summed E-state index contributed by atoms with van der Waals surface area (Å²) >= 11 is 0. The number of benzene rings is 1. The van der Waals surface area contributed by atoms with Gasteiger partial charge in [-0.1, -0.05) is 37.3 Å². The Labute approximate surface area is 189 Å². The SMILES string of the molecule is CNC(=O)[C@@H]1CN(Cc2ccccc2)CCN1C(=O)C1(C)CCN(c2ncccn2)CC1. The van der Waals surface area contributed by atoms with Crippen molar-refractivity contribution in [3.05, 3.63) is 54.4 Å². The van der Waals surface area contributed by atoms with Crippen LogP contribution in [0.3, 0.4) is 0 Å². The fourth-order valence-corrected chi connectivity index (χ4v) is 4.67. The molecule has 8 nitrogen and oxygen atoms in total. The second-order valence-electron chi connectivity index (χ2n) is 8.95. The standard InChI is InChI=1S/C24H32N6O2/c1-24(9-13-29(14-10-24)23-26-11-6-12-27-23)22(32)30-16-15-28(18-20(30)21(31)25-2)17-19-7-4-3-5-8-19/h3-8,11-12,20H,9-10,13-18H2,1-2H3,(H,25,31)/t20-/m0/s1. The normalized spacial score (nSPS) is 21.2. The number of hydrogen-bond donors (Lipinski definition) is 1. The molecule has 0 radical (unpaired) electrons. The van der Waals surface area contributed by atoms with Crippen molar-refractivity contribution in [2.75, 3.05) is 44.7 Å². The lowest BCUT2D eigenvalue weighted by Crippen LogP contribution is -2.63. The number of nitrogens with one attached hydrogen (secondary N) is 1. The highest BCUT2D eigenvalue weighted by Crippen LogP contribution is 2.35. The lowest BCUT2D eigenvalue weighted by Gasteiger charge is -2.46. The number of piperazine rings is 1. The van der Waals surface area contributed by atoms with Gasteiger partial charge in [-0.2, -0.15) is 0 Å². The van der Waals surface area contributed by atoms with Crippen LogP contribution in [0.15, 0.2) is 48.8 Å². The first-order valence-electron chi connectivity index (χ1n) is 11.3. The number of nitrogens with zero attached hydrogens (tertiary/aromatic N) is 5. The number of aromatic nitrogens is 2. The summed E-state index contributed by atoms with van der Waals surface area (Å²) in [6.45, 7) is 6.13. The molecule has 1 aromatic carbocycles. The third kappa shape index (κ3) is 4.75. The van der Waals surface area contributed by atoms with E-state index < -0.39 is 11.5 Å². The fourth-order valence-electron chi connectivity index (χ4n) is 4.67. The highest BCUT2D eigenvalue weighted by Gasteiger charge is 2.44. The van der Waals surface area contributed by atoms with Gasteiger partial charge in [0.2, 0.25) is 17.8 Å². The Morgan fingerprint density at radius 2 is 1.72 bits per heavy atom. The molecular weight excluding hydrogens is 404 g/mol. The number of carbonyl (C=O) groups is 2.